The van der Waals surface area contributed by atoms with Gasteiger partial charge >= 0.3 is 13.1 Å². The predicted molar refractivity (Wildman–Crippen MR) is 60.6 cm³/mol. The number of carbonyl (C=O) groups is 1. The second-order valence-corrected chi connectivity index (χ2v) is 5.02. The second kappa shape index (κ2) is 5.16. The summed E-state index contributed by atoms with van der Waals surface area (Å²) < 4.78 is 0. The van der Waals surface area contributed by atoms with Crippen LogP contribution in [0.25, 0.3) is 0 Å². The van der Waals surface area contributed by atoms with Crippen LogP contribution in [0.15, 0.2) is 0 Å². The monoisotopic (exact) mass is 229 g/mol. The molecule has 0 amide bonds. The van der Waals surface area contributed by atoms with Crippen molar-refractivity contribution in [2.75, 3.05) is 6.54 Å². The Morgan fingerprint density at radius 3 is 2.56 bits per heavy atom. The van der Waals surface area contributed by atoms with E-state index in [2.05, 4.69) is 0 Å². The molecule has 0 heterocycles. The Morgan fingerprint density at radius 1 is 1.56 bits per heavy atom. The first-order chi connectivity index (χ1) is 7.40. The lowest BCUT2D eigenvalue weighted by Crippen LogP contribution is -2.35. The molecule has 16 heavy (non-hydrogen) atoms. The molecular weight excluding hydrogens is 209 g/mol. The molecule has 0 aliphatic heterocycles. The highest BCUT2D eigenvalue weighted by Gasteiger charge is 2.48. The SMILES string of the molecule is CC1(C(=O)O)CC(CCB(O)O)CC1CN. The van der Waals surface area contributed by atoms with Crippen molar-refractivity contribution in [1.82, 2.24) is 0 Å². The van der Waals surface area contributed by atoms with Gasteiger partial charge in [0.05, 0.1) is 5.41 Å². The Labute approximate surface area is 95.8 Å². The minimum absolute atomic E-state index is 0.00849. The average molecular weight is 229 g/mol. The second-order valence-electron chi connectivity index (χ2n) is 5.02. The molecular formula is C10H20BNO4. The normalized spacial score (nSPS) is 34.0. The van der Waals surface area contributed by atoms with E-state index < -0.39 is 18.5 Å². The fourth-order valence-corrected chi connectivity index (χ4v) is 2.74. The molecule has 0 aromatic carbocycles. The Kier molecular flexibility index (Phi) is 4.35. The van der Waals surface area contributed by atoms with Gasteiger partial charge in [-0.2, -0.15) is 0 Å². The van der Waals surface area contributed by atoms with Crippen molar-refractivity contribution in [3.63, 3.8) is 0 Å². The Bertz CT molecular complexity index is 261. The van der Waals surface area contributed by atoms with E-state index >= 15 is 0 Å². The fourth-order valence-electron chi connectivity index (χ4n) is 2.74. The first kappa shape index (κ1) is 13.5. The molecule has 1 aliphatic rings. The molecule has 0 spiro atoms. The summed E-state index contributed by atoms with van der Waals surface area (Å²) in [4.78, 5) is 11.2. The zero-order valence-corrected chi connectivity index (χ0v) is 9.59. The van der Waals surface area contributed by atoms with Crippen LogP contribution in [-0.4, -0.2) is 34.8 Å². The zero-order valence-electron chi connectivity index (χ0n) is 9.59. The van der Waals surface area contributed by atoms with Crippen LogP contribution in [0.4, 0.5) is 0 Å². The molecule has 1 aliphatic carbocycles. The van der Waals surface area contributed by atoms with Gasteiger partial charge in [-0.1, -0.05) is 6.42 Å². The highest BCUT2D eigenvalue weighted by molar-refractivity contribution is 6.40. The number of carboxylic acid groups (broad SMARTS) is 1. The van der Waals surface area contributed by atoms with Gasteiger partial charge in [-0.05, 0) is 44.5 Å². The summed E-state index contributed by atoms with van der Waals surface area (Å²) in [6.45, 7) is 2.11. The summed E-state index contributed by atoms with van der Waals surface area (Å²) in [7, 11) is -1.30. The van der Waals surface area contributed by atoms with Gasteiger partial charge in [-0.25, -0.2) is 0 Å². The van der Waals surface area contributed by atoms with E-state index in [-0.39, 0.29) is 11.8 Å². The number of aliphatic carboxylic acids is 1. The molecule has 0 bridgehead atoms. The number of hydrogen-bond acceptors (Lipinski definition) is 4. The number of carboxylic acids is 1. The summed E-state index contributed by atoms with van der Waals surface area (Å²) >= 11 is 0. The third kappa shape index (κ3) is 2.75. The molecule has 0 saturated heterocycles. The van der Waals surface area contributed by atoms with Crippen LogP contribution in [0.1, 0.15) is 26.2 Å². The van der Waals surface area contributed by atoms with Crippen molar-refractivity contribution >= 4 is 13.1 Å². The molecule has 5 N–H and O–H groups in total. The molecule has 3 atom stereocenters. The first-order valence-electron chi connectivity index (χ1n) is 5.69. The van der Waals surface area contributed by atoms with Gasteiger partial charge in [0.2, 0.25) is 0 Å². The number of nitrogens with two attached hydrogens (primary N) is 1. The molecule has 1 rings (SSSR count). The van der Waals surface area contributed by atoms with E-state index in [1.165, 1.54) is 0 Å². The van der Waals surface area contributed by atoms with Crippen molar-refractivity contribution in [2.45, 2.75) is 32.5 Å². The highest BCUT2D eigenvalue weighted by atomic mass is 16.4. The maximum atomic E-state index is 11.2. The van der Waals surface area contributed by atoms with Gasteiger partial charge in [0, 0.05) is 0 Å². The molecule has 6 heteroatoms. The Hall–Kier alpha value is -0.585. The maximum absolute atomic E-state index is 11.2. The number of hydrogen-bond donors (Lipinski definition) is 4. The average Bonchev–Trinajstić information content (AvgIpc) is 2.53. The van der Waals surface area contributed by atoms with Crippen LogP contribution >= 0.6 is 0 Å². The minimum Gasteiger partial charge on any atom is -0.481 e. The molecule has 0 aromatic heterocycles. The molecule has 3 unspecified atom stereocenters. The summed E-state index contributed by atoms with van der Waals surface area (Å²) in [5, 5.41) is 26.8. The molecule has 5 nitrogen and oxygen atoms in total. The third-order valence-electron chi connectivity index (χ3n) is 3.84. The summed E-state index contributed by atoms with van der Waals surface area (Å²) in [6.07, 6.45) is 2.30. The van der Waals surface area contributed by atoms with E-state index in [4.69, 9.17) is 15.8 Å². The van der Waals surface area contributed by atoms with Crippen molar-refractivity contribution in [3.8, 4) is 0 Å². The van der Waals surface area contributed by atoms with E-state index in [0.29, 0.717) is 25.7 Å². The third-order valence-corrected chi connectivity index (χ3v) is 3.84. The largest absolute Gasteiger partial charge is 0.481 e. The van der Waals surface area contributed by atoms with E-state index in [1.807, 2.05) is 0 Å². The summed E-state index contributed by atoms with van der Waals surface area (Å²) in [5.41, 5.74) is 4.85. The fraction of sp³-hybridized carbons (Fsp3) is 0.900. The zero-order chi connectivity index (χ0) is 12.3. The van der Waals surface area contributed by atoms with Crippen LogP contribution in [0.3, 0.4) is 0 Å². The summed E-state index contributed by atoms with van der Waals surface area (Å²) in [6, 6.07) is 0. The van der Waals surface area contributed by atoms with Crippen LogP contribution in [-0.2, 0) is 4.79 Å². The lowest BCUT2D eigenvalue weighted by molar-refractivity contribution is -0.150. The van der Waals surface area contributed by atoms with E-state index in [0.717, 1.165) is 6.42 Å². The lowest BCUT2D eigenvalue weighted by atomic mass is 9.78. The van der Waals surface area contributed by atoms with Crippen molar-refractivity contribution < 1.29 is 19.9 Å². The molecule has 1 fully saturated rings. The Balaban J connectivity index is 2.60. The molecule has 0 aromatic rings. The van der Waals surface area contributed by atoms with Crippen LogP contribution in [0, 0.1) is 17.3 Å². The smallest absolute Gasteiger partial charge is 0.451 e. The Morgan fingerprint density at radius 2 is 2.19 bits per heavy atom. The van der Waals surface area contributed by atoms with Crippen molar-refractivity contribution in [1.29, 1.82) is 0 Å². The van der Waals surface area contributed by atoms with Crippen LogP contribution in [0.5, 0.6) is 0 Å². The maximum Gasteiger partial charge on any atom is 0.451 e. The quantitative estimate of drug-likeness (QED) is 0.494. The highest BCUT2D eigenvalue weighted by Crippen LogP contribution is 2.47. The van der Waals surface area contributed by atoms with Gasteiger partial charge in [0.25, 0.3) is 0 Å². The lowest BCUT2D eigenvalue weighted by Gasteiger charge is -2.25. The van der Waals surface area contributed by atoms with Gasteiger partial charge < -0.3 is 20.9 Å². The van der Waals surface area contributed by atoms with Gasteiger partial charge in [0.1, 0.15) is 0 Å². The van der Waals surface area contributed by atoms with Crippen LogP contribution < -0.4 is 5.73 Å². The van der Waals surface area contributed by atoms with Gasteiger partial charge in [-0.3, -0.25) is 4.79 Å². The van der Waals surface area contributed by atoms with E-state index in [1.54, 1.807) is 6.92 Å². The van der Waals surface area contributed by atoms with Crippen molar-refractivity contribution in [2.24, 2.45) is 23.0 Å². The number of rotatable bonds is 5. The summed E-state index contributed by atoms with van der Waals surface area (Å²) in [5.74, 6) is -0.572. The van der Waals surface area contributed by atoms with E-state index in [9.17, 15) is 9.90 Å². The predicted octanol–water partition coefficient (Wildman–Crippen LogP) is -0.0749. The minimum atomic E-state index is -1.30. The topological polar surface area (TPSA) is 104 Å². The van der Waals surface area contributed by atoms with Gasteiger partial charge in [0.15, 0.2) is 0 Å². The van der Waals surface area contributed by atoms with Gasteiger partial charge in [-0.15, -0.1) is 0 Å². The van der Waals surface area contributed by atoms with Crippen molar-refractivity contribution in [3.05, 3.63) is 0 Å². The van der Waals surface area contributed by atoms with Crippen LogP contribution in [0.2, 0.25) is 6.32 Å². The molecule has 92 valence electrons. The standard InChI is InChI=1S/C10H20BNO4/c1-10(9(13)14)5-7(2-3-11(15)16)4-8(10)6-12/h7-8,15-16H,2-6,12H2,1H3,(H,13,14). The molecule has 1 saturated carbocycles. The molecule has 0 radical (unpaired) electrons. The first-order valence-corrected chi connectivity index (χ1v) is 5.69.